The molecule has 0 amide bonds. The van der Waals surface area contributed by atoms with Gasteiger partial charge in [-0.15, -0.1) is 0 Å². The highest BCUT2D eigenvalue weighted by Crippen LogP contribution is 2.30. The minimum atomic E-state index is -3.86. The van der Waals surface area contributed by atoms with Crippen molar-refractivity contribution in [3.05, 3.63) is 51.7 Å². The summed E-state index contributed by atoms with van der Waals surface area (Å²) in [4.78, 5) is 0.0405. The van der Waals surface area contributed by atoms with Gasteiger partial charge in [0.1, 0.15) is 10.7 Å². The van der Waals surface area contributed by atoms with Gasteiger partial charge in [-0.1, -0.05) is 12.1 Å². The molecule has 7 heteroatoms. The molecule has 112 valence electrons. The van der Waals surface area contributed by atoms with Crippen molar-refractivity contribution in [2.75, 3.05) is 10.5 Å². The van der Waals surface area contributed by atoms with E-state index in [2.05, 4.69) is 20.7 Å². The lowest BCUT2D eigenvalue weighted by atomic mass is 10.1. The molecule has 0 aliphatic rings. The van der Waals surface area contributed by atoms with Crippen LogP contribution in [0.4, 0.5) is 15.8 Å². The third kappa shape index (κ3) is 3.19. The Balaban J connectivity index is 2.51. The van der Waals surface area contributed by atoms with E-state index in [0.29, 0.717) is 15.6 Å². The van der Waals surface area contributed by atoms with Gasteiger partial charge in [0, 0.05) is 4.47 Å². The number of nitrogen functional groups attached to an aromatic ring is 1. The largest absolute Gasteiger partial charge is 0.397 e. The molecule has 4 nitrogen and oxygen atoms in total. The van der Waals surface area contributed by atoms with Gasteiger partial charge in [-0.2, -0.15) is 0 Å². The molecule has 2 aromatic rings. The van der Waals surface area contributed by atoms with E-state index < -0.39 is 15.8 Å². The zero-order valence-electron chi connectivity index (χ0n) is 11.4. The highest BCUT2D eigenvalue weighted by Gasteiger charge is 2.22. The van der Waals surface area contributed by atoms with Crippen LogP contribution in [0.15, 0.2) is 39.7 Å². The lowest BCUT2D eigenvalue weighted by Crippen LogP contribution is -2.17. The van der Waals surface area contributed by atoms with E-state index in [1.165, 1.54) is 18.2 Å². The van der Waals surface area contributed by atoms with Gasteiger partial charge in [0.2, 0.25) is 0 Å². The molecule has 0 radical (unpaired) electrons. The molecular weight excluding hydrogens is 359 g/mol. The number of aryl methyl sites for hydroxylation is 2. The van der Waals surface area contributed by atoms with Crippen molar-refractivity contribution < 1.29 is 12.8 Å². The van der Waals surface area contributed by atoms with Crippen LogP contribution in [0.25, 0.3) is 0 Å². The zero-order chi connectivity index (χ0) is 15.8. The third-order valence-corrected chi connectivity index (χ3v) is 5.28. The van der Waals surface area contributed by atoms with Crippen LogP contribution in [0, 0.1) is 19.7 Å². The van der Waals surface area contributed by atoms with Gasteiger partial charge in [-0.05, 0) is 59.1 Å². The second-order valence-electron chi connectivity index (χ2n) is 4.67. The molecule has 0 fully saturated rings. The molecule has 3 N–H and O–H groups in total. The fourth-order valence-corrected chi connectivity index (χ4v) is 4.02. The van der Waals surface area contributed by atoms with Gasteiger partial charge in [0.25, 0.3) is 10.0 Å². The topological polar surface area (TPSA) is 72.2 Å². The van der Waals surface area contributed by atoms with Crippen molar-refractivity contribution in [1.29, 1.82) is 0 Å². The number of hydrogen-bond acceptors (Lipinski definition) is 3. The van der Waals surface area contributed by atoms with Crippen molar-refractivity contribution >= 4 is 37.3 Å². The van der Waals surface area contributed by atoms with Crippen LogP contribution in [0.3, 0.4) is 0 Å². The molecule has 21 heavy (non-hydrogen) atoms. The lowest BCUT2D eigenvalue weighted by molar-refractivity contribution is 0.600. The van der Waals surface area contributed by atoms with E-state index in [-0.39, 0.29) is 16.3 Å². The number of sulfonamides is 1. The zero-order valence-corrected chi connectivity index (χ0v) is 13.8. The summed E-state index contributed by atoms with van der Waals surface area (Å²) < 4.78 is 40.8. The summed E-state index contributed by atoms with van der Waals surface area (Å²) in [5.74, 6) is -0.462. The number of hydrogen-bond donors (Lipinski definition) is 2. The summed E-state index contributed by atoms with van der Waals surface area (Å²) in [6.07, 6.45) is 0. The molecule has 0 atom stereocenters. The molecule has 0 spiro atoms. The first kappa shape index (κ1) is 15.8. The summed E-state index contributed by atoms with van der Waals surface area (Å²) in [5, 5.41) is 0. The van der Waals surface area contributed by atoms with Gasteiger partial charge in [-0.3, -0.25) is 4.72 Å². The van der Waals surface area contributed by atoms with Crippen molar-refractivity contribution in [2.24, 2.45) is 0 Å². The van der Waals surface area contributed by atoms with Gasteiger partial charge in [0.15, 0.2) is 0 Å². The van der Waals surface area contributed by atoms with Crippen molar-refractivity contribution in [3.8, 4) is 0 Å². The van der Waals surface area contributed by atoms with Crippen LogP contribution in [-0.2, 0) is 10.0 Å². The molecule has 0 aromatic heterocycles. The van der Waals surface area contributed by atoms with Gasteiger partial charge in [0.05, 0.1) is 11.4 Å². The van der Waals surface area contributed by atoms with E-state index in [0.717, 1.165) is 0 Å². The SMILES string of the molecule is Cc1ccc(C)c(S(=O)(=O)Nc2ccc(F)cc2Br)c1N. The summed E-state index contributed by atoms with van der Waals surface area (Å²) in [7, 11) is -3.86. The summed E-state index contributed by atoms with van der Waals surface area (Å²) >= 11 is 3.13. The smallest absolute Gasteiger partial charge is 0.264 e. The first-order chi connectivity index (χ1) is 9.72. The van der Waals surface area contributed by atoms with Gasteiger partial charge in [-0.25, -0.2) is 12.8 Å². The third-order valence-electron chi connectivity index (χ3n) is 3.06. The molecule has 0 unspecified atom stereocenters. The molecule has 0 bridgehead atoms. The van der Waals surface area contributed by atoms with Crippen molar-refractivity contribution in [1.82, 2.24) is 0 Å². The molecule has 2 aromatic carbocycles. The average Bonchev–Trinajstić information content (AvgIpc) is 2.37. The predicted molar refractivity (Wildman–Crippen MR) is 85.2 cm³/mol. The fraction of sp³-hybridized carbons (Fsp3) is 0.143. The molecule has 0 aliphatic heterocycles. The minimum absolute atomic E-state index is 0.0405. The average molecular weight is 373 g/mol. The highest BCUT2D eigenvalue weighted by molar-refractivity contribution is 9.10. The van der Waals surface area contributed by atoms with Gasteiger partial charge < -0.3 is 5.73 Å². The maximum Gasteiger partial charge on any atom is 0.264 e. The Morgan fingerprint density at radius 3 is 2.38 bits per heavy atom. The lowest BCUT2D eigenvalue weighted by Gasteiger charge is -2.15. The predicted octanol–water partition coefficient (Wildman–Crippen LogP) is 3.59. The Labute approximate surface area is 131 Å². The second-order valence-corrected chi connectivity index (χ2v) is 7.15. The molecule has 0 aliphatic carbocycles. The van der Waals surface area contributed by atoms with Crippen LogP contribution in [0.5, 0.6) is 0 Å². The van der Waals surface area contributed by atoms with E-state index in [1.807, 2.05) is 0 Å². The standard InChI is InChI=1S/C14H14BrFN2O2S/c1-8-3-4-9(2)14(13(8)17)21(19,20)18-12-6-5-10(16)7-11(12)15/h3-7,18H,17H2,1-2H3. The molecule has 0 saturated carbocycles. The van der Waals surface area contributed by atoms with Crippen LogP contribution >= 0.6 is 15.9 Å². The maximum atomic E-state index is 13.1. The van der Waals surface area contributed by atoms with E-state index in [1.54, 1.807) is 26.0 Å². The quantitative estimate of drug-likeness (QED) is 0.808. The Bertz CT molecular complexity index is 807. The monoisotopic (exact) mass is 372 g/mol. The number of nitrogens with two attached hydrogens (primary N) is 1. The van der Waals surface area contributed by atoms with E-state index in [9.17, 15) is 12.8 Å². The van der Waals surface area contributed by atoms with E-state index in [4.69, 9.17) is 5.73 Å². The number of anilines is 2. The molecule has 0 saturated heterocycles. The molecular formula is C14H14BrFN2O2S. The van der Waals surface area contributed by atoms with Crippen molar-refractivity contribution in [2.45, 2.75) is 18.7 Å². The summed E-state index contributed by atoms with van der Waals surface area (Å²) in [6.45, 7) is 3.41. The fourth-order valence-electron chi connectivity index (χ4n) is 1.93. The second kappa shape index (κ2) is 5.65. The van der Waals surface area contributed by atoms with Crippen LogP contribution < -0.4 is 10.5 Å². The first-order valence-corrected chi connectivity index (χ1v) is 8.33. The van der Waals surface area contributed by atoms with Crippen LogP contribution in [0.1, 0.15) is 11.1 Å². The summed E-state index contributed by atoms with van der Waals surface area (Å²) in [5.41, 5.74) is 7.58. The molecule has 2 rings (SSSR count). The summed E-state index contributed by atoms with van der Waals surface area (Å²) in [6, 6.07) is 7.16. The number of benzene rings is 2. The van der Waals surface area contributed by atoms with Gasteiger partial charge >= 0.3 is 0 Å². The Hall–Kier alpha value is -1.60. The van der Waals surface area contributed by atoms with E-state index >= 15 is 0 Å². The van der Waals surface area contributed by atoms with Crippen LogP contribution in [-0.4, -0.2) is 8.42 Å². The Morgan fingerprint density at radius 1 is 1.14 bits per heavy atom. The first-order valence-electron chi connectivity index (χ1n) is 6.06. The Morgan fingerprint density at radius 2 is 1.76 bits per heavy atom. The number of halogens is 2. The van der Waals surface area contributed by atoms with Crippen LogP contribution in [0.2, 0.25) is 0 Å². The normalized spacial score (nSPS) is 11.4. The highest BCUT2D eigenvalue weighted by atomic mass is 79.9. The minimum Gasteiger partial charge on any atom is -0.397 e. The number of nitrogens with one attached hydrogen (secondary N) is 1. The number of rotatable bonds is 3. The molecule has 0 heterocycles. The maximum absolute atomic E-state index is 13.1. The van der Waals surface area contributed by atoms with Crippen molar-refractivity contribution in [3.63, 3.8) is 0 Å². The Kier molecular flexibility index (Phi) is 4.25.